The Bertz CT molecular complexity index is 346. The van der Waals surface area contributed by atoms with Crippen LogP contribution in [0.15, 0.2) is 10.8 Å². The first-order chi connectivity index (χ1) is 5.84. The Morgan fingerprint density at radius 2 is 2.15 bits per heavy atom. The van der Waals surface area contributed by atoms with Gasteiger partial charge >= 0.3 is 12.3 Å². The molecule has 0 aliphatic carbocycles. The minimum atomic E-state index is -4.79. The fourth-order valence-corrected chi connectivity index (χ4v) is 1.19. The fraction of sp³-hybridized carbons (Fsp3) is 0.200. The molecule has 0 amide bonds. The summed E-state index contributed by atoms with van der Waals surface area (Å²) < 4.78 is 35.6. The summed E-state index contributed by atoms with van der Waals surface area (Å²) in [6.45, 7) is 0. The van der Waals surface area contributed by atoms with Crippen LogP contribution in [-0.2, 0) is 6.30 Å². The predicted octanol–water partition coefficient (Wildman–Crippen LogP) is 1.82. The molecule has 13 heavy (non-hydrogen) atoms. The molecule has 0 fully saturated rings. The molecular weight excluding hydrogens is 257 g/mol. The number of carboxylic acid groups (broad SMARTS) is 1. The van der Waals surface area contributed by atoms with Gasteiger partial charge in [-0.1, -0.05) is 0 Å². The van der Waals surface area contributed by atoms with E-state index in [4.69, 9.17) is 5.11 Å². The molecular formula is C5H2BrF3N2O2. The van der Waals surface area contributed by atoms with E-state index in [1.807, 2.05) is 0 Å². The lowest BCUT2D eigenvalue weighted by Crippen LogP contribution is -2.22. The van der Waals surface area contributed by atoms with E-state index >= 15 is 0 Å². The second-order valence-corrected chi connectivity index (χ2v) is 2.83. The van der Waals surface area contributed by atoms with Gasteiger partial charge in [-0.25, -0.2) is 14.3 Å². The first-order valence-corrected chi connectivity index (χ1v) is 3.67. The summed E-state index contributed by atoms with van der Waals surface area (Å²) in [7, 11) is 0. The Kier molecular flexibility index (Phi) is 2.33. The van der Waals surface area contributed by atoms with Crippen molar-refractivity contribution in [2.75, 3.05) is 0 Å². The van der Waals surface area contributed by atoms with Gasteiger partial charge in [0, 0.05) is 0 Å². The van der Waals surface area contributed by atoms with Crippen molar-refractivity contribution in [2.45, 2.75) is 6.30 Å². The van der Waals surface area contributed by atoms with Crippen molar-refractivity contribution in [3.05, 3.63) is 16.6 Å². The average Bonchev–Trinajstić information content (AvgIpc) is 2.28. The van der Waals surface area contributed by atoms with Gasteiger partial charge in [-0.3, -0.25) is 0 Å². The lowest BCUT2D eigenvalue weighted by molar-refractivity contribution is -0.206. The minimum absolute atomic E-state index is 0.366. The molecule has 1 rings (SSSR count). The van der Waals surface area contributed by atoms with Crippen molar-refractivity contribution < 1.29 is 23.1 Å². The number of aromatic nitrogens is 2. The summed E-state index contributed by atoms with van der Waals surface area (Å²) in [6.07, 6.45) is -4.01. The van der Waals surface area contributed by atoms with Crippen LogP contribution in [0.3, 0.4) is 0 Å². The number of carboxylic acids is 1. The van der Waals surface area contributed by atoms with Crippen LogP contribution in [0, 0.1) is 0 Å². The molecule has 72 valence electrons. The van der Waals surface area contributed by atoms with E-state index in [0.29, 0.717) is 0 Å². The van der Waals surface area contributed by atoms with E-state index in [2.05, 4.69) is 20.9 Å². The number of hydrogen-bond donors (Lipinski definition) is 1. The van der Waals surface area contributed by atoms with E-state index < -0.39 is 22.7 Å². The molecule has 1 N–H and O–H groups in total. The largest absolute Gasteiger partial charge is 0.491 e. The molecule has 4 nitrogen and oxygen atoms in total. The molecule has 8 heteroatoms. The Balaban J connectivity index is 3.33. The Morgan fingerprint density at radius 3 is 2.46 bits per heavy atom. The normalized spacial score (nSPS) is 11.7. The SMILES string of the molecule is O=C(O)c1ncc(Br)n1C(F)(F)F. The van der Waals surface area contributed by atoms with Gasteiger partial charge in [-0.2, -0.15) is 0 Å². The number of rotatable bonds is 1. The molecule has 1 heterocycles. The number of halogens is 4. The summed E-state index contributed by atoms with van der Waals surface area (Å²) in [4.78, 5) is 13.4. The van der Waals surface area contributed by atoms with Crippen LogP contribution in [0.4, 0.5) is 13.2 Å². The fourth-order valence-electron chi connectivity index (χ4n) is 0.723. The van der Waals surface area contributed by atoms with E-state index in [-0.39, 0.29) is 4.57 Å². The van der Waals surface area contributed by atoms with Crippen LogP contribution in [0.25, 0.3) is 0 Å². The number of aromatic carboxylic acids is 1. The van der Waals surface area contributed by atoms with Crippen molar-refractivity contribution in [2.24, 2.45) is 0 Å². The van der Waals surface area contributed by atoms with Crippen molar-refractivity contribution in [3.63, 3.8) is 0 Å². The van der Waals surface area contributed by atoms with Crippen LogP contribution >= 0.6 is 15.9 Å². The van der Waals surface area contributed by atoms with Crippen LogP contribution in [0.1, 0.15) is 10.6 Å². The molecule has 0 aliphatic rings. The highest BCUT2D eigenvalue weighted by atomic mass is 79.9. The maximum atomic E-state index is 12.1. The van der Waals surface area contributed by atoms with Gasteiger partial charge in [0.15, 0.2) is 0 Å². The summed E-state index contributed by atoms with van der Waals surface area (Å²) in [5.74, 6) is -2.80. The second-order valence-electron chi connectivity index (χ2n) is 2.01. The molecule has 0 saturated carbocycles. The van der Waals surface area contributed by atoms with E-state index in [9.17, 15) is 18.0 Å². The van der Waals surface area contributed by atoms with Crippen LogP contribution in [0.5, 0.6) is 0 Å². The number of alkyl halides is 3. The van der Waals surface area contributed by atoms with Gasteiger partial charge in [-0.05, 0) is 15.9 Å². The zero-order valence-electron chi connectivity index (χ0n) is 5.84. The van der Waals surface area contributed by atoms with E-state index in [1.54, 1.807) is 0 Å². The summed E-state index contributed by atoms with van der Waals surface area (Å²) in [5, 5.41) is 8.34. The number of hydrogen-bond acceptors (Lipinski definition) is 2. The molecule has 0 unspecified atom stereocenters. The Labute approximate surface area is 78.1 Å². The standard InChI is InChI=1S/C5H2BrF3N2O2/c6-2-1-10-3(4(12)13)11(2)5(7,8)9/h1H,(H,12,13). The predicted molar refractivity (Wildman–Crippen MR) is 38.2 cm³/mol. The van der Waals surface area contributed by atoms with Crippen molar-refractivity contribution in [1.29, 1.82) is 0 Å². The first kappa shape index (κ1) is 10.0. The number of nitrogens with zero attached hydrogens (tertiary/aromatic N) is 2. The van der Waals surface area contributed by atoms with Gasteiger partial charge in [0.25, 0.3) is 0 Å². The zero-order valence-corrected chi connectivity index (χ0v) is 7.43. The van der Waals surface area contributed by atoms with Gasteiger partial charge in [0.2, 0.25) is 5.82 Å². The molecule has 0 aliphatic heterocycles. The van der Waals surface area contributed by atoms with E-state index in [0.717, 1.165) is 6.20 Å². The molecule has 0 atom stereocenters. The van der Waals surface area contributed by atoms with E-state index in [1.165, 1.54) is 0 Å². The van der Waals surface area contributed by atoms with Gasteiger partial charge in [0.05, 0.1) is 6.20 Å². The van der Waals surface area contributed by atoms with Gasteiger partial charge in [0.1, 0.15) is 4.60 Å². The van der Waals surface area contributed by atoms with Crippen LogP contribution < -0.4 is 0 Å². The third-order valence-corrected chi connectivity index (χ3v) is 1.72. The lowest BCUT2D eigenvalue weighted by atomic mass is 10.6. The first-order valence-electron chi connectivity index (χ1n) is 2.87. The topological polar surface area (TPSA) is 55.1 Å². The Morgan fingerprint density at radius 1 is 1.62 bits per heavy atom. The summed E-state index contributed by atoms with van der Waals surface area (Å²) in [6, 6.07) is 0. The lowest BCUT2D eigenvalue weighted by Gasteiger charge is -2.09. The molecule has 0 aromatic carbocycles. The monoisotopic (exact) mass is 258 g/mol. The van der Waals surface area contributed by atoms with Crippen molar-refractivity contribution >= 4 is 21.9 Å². The maximum Gasteiger partial charge on any atom is 0.491 e. The Hall–Kier alpha value is -1.05. The van der Waals surface area contributed by atoms with Gasteiger partial charge < -0.3 is 5.11 Å². The van der Waals surface area contributed by atoms with Crippen molar-refractivity contribution in [3.8, 4) is 0 Å². The molecule has 0 bridgehead atoms. The average molecular weight is 259 g/mol. The number of carbonyl (C=O) groups is 1. The molecule has 1 aromatic heterocycles. The molecule has 1 aromatic rings. The highest BCUT2D eigenvalue weighted by Gasteiger charge is 2.37. The zero-order chi connectivity index (χ0) is 10.2. The second kappa shape index (κ2) is 3.02. The summed E-state index contributed by atoms with van der Waals surface area (Å²) >= 11 is 2.54. The maximum absolute atomic E-state index is 12.1. The van der Waals surface area contributed by atoms with Gasteiger partial charge in [-0.15, -0.1) is 13.2 Å². The smallest absolute Gasteiger partial charge is 0.475 e. The highest BCUT2D eigenvalue weighted by Crippen LogP contribution is 2.28. The minimum Gasteiger partial charge on any atom is -0.475 e. The third-order valence-electron chi connectivity index (χ3n) is 1.16. The molecule has 0 radical (unpaired) electrons. The molecule has 0 spiro atoms. The van der Waals surface area contributed by atoms with Crippen molar-refractivity contribution in [1.82, 2.24) is 9.55 Å². The highest BCUT2D eigenvalue weighted by molar-refractivity contribution is 9.10. The number of imidazole rings is 1. The third kappa shape index (κ3) is 1.82. The quantitative estimate of drug-likeness (QED) is 0.836. The summed E-state index contributed by atoms with van der Waals surface area (Å²) in [5.41, 5.74) is 0. The van der Waals surface area contributed by atoms with Crippen LogP contribution in [0.2, 0.25) is 0 Å². The van der Waals surface area contributed by atoms with Crippen LogP contribution in [-0.4, -0.2) is 20.6 Å². The molecule has 0 saturated heterocycles.